The third kappa shape index (κ3) is 5.97. The summed E-state index contributed by atoms with van der Waals surface area (Å²) < 4.78 is 0. The molecule has 0 aliphatic rings. The van der Waals surface area contributed by atoms with Crippen LogP contribution in [-0.4, -0.2) is 0 Å². The van der Waals surface area contributed by atoms with Gasteiger partial charge in [-0.25, -0.2) is 0 Å². The van der Waals surface area contributed by atoms with E-state index in [0.717, 1.165) is 12.0 Å². The van der Waals surface area contributed by atoms with Gasteiger partial charge >= 0.3 is 0 Å². The van der Waals surface area contributed by atoms with Crippen LogP contribution in [0.5, 0.6) is 0 Å². The SMILES string of the molecule is C=C(C)c1c2cc(Cc3ccc4c(-c5ccccc5)c5ccc(-c6ccccc6)cc5c(-c5ccccc5)c4c3)ccc2cc2ccc(-c3ccccc3)cc12. The highest BCUT2D eigenvalue weighted by atomic mass is 14.2. The molecule has 0 spiro atoms. The molecule has 0 aliphatic heterocycles. The van der Waals surface area contributed by atoms with Crippen molar-refractivity contribution in [3.05, 3.63) is 223 Å². The minimum atomic E-state index is 0.820. The van der Waals surface area contributed by atoms with E-state index >= 15 is 0 Å². The fraction of sp³-hybridized carbons (Fsp3) is 0.0357. The third-order valence-electron chi connectivity index (χ3n) is 11.4. The van der Waals surface area contributed by atoms with E-state index in [1.807, 2.05) is 0 Å². The molecule has 0 amide bonds. The van der Waals surface area contributed by atoms with Crippen LogP contribution in [0.2, 0.25) is 0 Å². The lowest BCUT2D eigenvalue weighted by Crippen LogP contribution is -1.95. The minimum absolute atomic E-state index is 0.820. The summed E-state index contributed by atoms with van der Waals surface area (Å²) in [5.74, 6) is 0. The van der Waals surface area contributed by atoms with E-state index in [2.05, 4.69) is 214 Å². The second-order valence-corrected chi connectivity index (χ2v) is 15.1. The molecular formula is C56H40. The van der Waals surface area contributed by atoms with Crippen molar-refractivity contribution in [2.75, 3.05) is 0 Å². The van der Waals surface area contributed by atoms with Crippen molar-refractivity contribution in [2.45, 2.75) is 13.3 Å². The summed E-state index contributed by atoms with van der Waals surface area (Å²) in [6, 6.07) is 73.5. The normalized spacial score (nSPS) is 11.4. The number of allylic oxidation sites excluding steroid dienone is 1. The molecular weight excluding hydrogens is 673 g/mol. The molecule has 0 aromatic heterocycles. The van der Waals surface area contributed by atoms with Gasteiger partial charge in [0, 0.05) is 0 Å². The Bertz CT molecular complexity index is 3080. The van der Waals surface area contributed by atoms with Crippen LogP contribution in [-0.2, 0) is 6.42 Å². The van der Waals surface area contributed by atoms with Crippen LogP contribution in [0.15, 0.2) is 207 Å². The maximum absolute atomic E-state index is 4.50. The highest BCUT2D eigenvalue weighted by Crippen LogP contribution is 2.45. The molecule has 0 N–H and O–H groups in total. The molecule has 0 bridgehead atoms. The first kappa shape index (κ1) is 33.5. The van der Waals surface area contributed by atoms with E-state index in [0.29, 0.717) is 0 Å². The summed E-state index contributed by atoms with van der Waals surface area (Å²) in [6.07, 6.45) is 0.820. The fourth-order valence-electron chi connectivity index (χ4n) is 8.80. The lowest BCUT2D eigenvalue weighted by atomic mass is 9.84. The van der Waals surface area contributed by atoms with Crippen LogP contribution < -0.4 is 0 Å². The molecule has 0 nitrogen and oxygen atoms in total. The molecule has 0 heterocycles. The quantitative estimate of drug-likeness (QED) is 0.144. The number of fused-ring (bicyclic) bond motifs is 4. The zero-order chi connectivity index (χ0) is 37.6. The summed E-state index contributed by atoms with van der Waals surface area (Å²) in [4.78, 5) is 0. The Morgan fingerprint density at radius 2 is 0.732 bits per heavy atom. The first-order valence-corrected chi connectivity index (χ1v) is 19.5. The first-order valence-electron chi connectivity index (χ1n) is 19.5. The van der Waals surface area contributed by atoms with Crippen LogP contribution in [0.25, 0.3) is 93.2 Å². The van der Waals surface area contributed by atoms with E-state index in [9.17, 15) is 0 Å². The zero-order valence-electron chi connectivity index (χ0n) is 31.5. The molecule has 10 rings (SSSR count). The van der Waals surface area contributed by atoms with Crippen LogP contribution >= 0.6 is 0 Å². The molecule has 0 heteroatoms. The number of benzene rings is 10. The van der Waals surface area contributed by atoms with Crippen molar-refractivity contribution >= 4 is 48.7 Å². The van der Waals surface area contributed by atoms with E-state index in [4.69, 9.17) is 0 Å². The van der Waals surface area contributed by atoms with Crippen molar-refractivity contribution in [1.29, 1.82) is 0 Å². The average molecular weight is 713 g/mol. The Morgan fingerprint density at radius 3 is 1.29 bits per heavy atom. The van der Waals surface area contributed by atoms with Gasteiger partial charge in [0.2, 0.25) is 0 Å². The largest absolute Gasteiger partial charge is 0.0955 e. The highest BCUT2D eigenvalue weighted by molar-refractivity contribution is 6.22. The van der Waals surface area contributed by atoms with Gasteiger partial charge in [-0.2, -0.15) is 0 Å². The molecule has 0 saturated carbocycles. The molecule has 56 heavy (non-hydrogen) atoms. The lowest BCUT2D eigenvalue weighted by molar-refractivity contribution is 1.21. The molecule has 0 aliphatic carbocycles. The molecule has 264 valence electrons. The Kier molecular flexibility index (Phi) is 8.38. The Balaban J connectivity index is 1.17. The van der Waals surface area contributed by atoms with Crippen LogP contribution in [0.3, 0.4) is 0 Å². The van der Waals surface area contributed by atoms with E-state index in [1.54, 1.807) is 0 Å². The van der Waals surface area contributed by atoms with Crippen LogP contribution in [0.4, 0.5) is 0 Å². The maximum Gasteiger partial charge on any atom is -0.00253 e. The third-order valence-corrected chi connectivity index (χ3v) is 11.4. The minimum Gasteiger partial charge on any atom is -0.0955 e. The van der Waals surface area contributed by atoms with Gasteiger partial charge in [-0.15, -0.1) is 0 Å². The van der Waals surface area contributed by atoms with Crippen LogP contribution in [0.1, 0.15) is 23.6 Å². The van der Waals surface area contributed by atoms with Gasteiger partial charge in [0.25, 0.3) is 0 Å². The summed E-state index contributed by atoms with van der Waals surface area (Å²) in [7, 11) is 0. The standard InChI is InChI=1S/C56H40/c1-37(2)54-50-32-38(23-25-46(50)34-47-27-26-44(35-51(47)54)40-15-7-3-8-16-40)31-39-24-29-48-52(33-39)56(43-21-13-6-14-22-43)53-36-45(41-17-9-4-10-18-41)28-30-49(53)55(48)42-19-11-5-12-20-42/h3-30,32-36H,1,31H2,2H3. The second kappa shape index (κ2) is 14.0. The summed E-state index contributed by atoms with van der Waals surface area (Å²) >= 11 is 0. The molecule has 10 aromatic rings. The average Bonchev–Trinajstić information content (AvgIpc) is 3.25. The Labute approximate surface area is 328 Å². The van der Waals surface area contributed by atoms with Crippen LogP contribution in [0, 0.1) is 0 Å². The number of rotatable bonds is 7. The molecule has 0 radical (unpaired) electrons. The van der Waals surface area contributed by atoms with Gasteiger partial charge < -0.3 is 0 Å². The maximum atomic E-state index is 4.50. The van der Waals surface area contributed by atoms with Crippen molar-refractivity contribution < 1.29 is 0 Å². The van der Waals surface area contributed by atoms with Gasteiger partial charge in [-0.3, -0.25) is 0 Å². The summed E-state index contributed by atoms with van der Waals surface area (Å²) in [6.45, 7) is 6.64. The van der Waals surface area contributed by atoms with E-state index < -0.39 is 0 Å². The van der Waals surface area contributed by atoms with Gasteiger partial charge in [0.15, 0.2) is 0 Å². The Morgan fingerprint density at radius 1 is 0.339 bits per heavy atom. The van der Waals surface area contributed by atoms with Crippen molar-refractivity contribution in [2.24, 2.45) is 0 Å². The zero-order valence-corrected chi connectivity index (χ0v) is 31.5. The highest BCUT2D eigenvalue weighted by Gasteiger charge is 2.19. The monoisotopic (exact) mass is 712 g/mol. The predicted molar refractivity (Wildman–Crippen MR) is 242 cm³/mol. The van der Waals surface area contributed by atoms with Crippen molar-refractivity contribution in [3.8, 4) is 44.5 Å². The predicted octanol–water partition coefficient (Wildman–Crippen LogP) is 15.6. The summed E-state index contributed by atoms with van der Waals surface area (Å²) in [5.41, 5.74) is 14.8. The topological polar surface area (TPSA) is 0 Å². The number of hydrogen-bond acceptors (Lipinski definition) is 0. The van der Waals surface area contributed by atoms with E-state index in [-0.39, 0.29) is 0 Å². The first-order chi connectivity index (χ1) is 27.6. The van der Waals surface area contributed by atoms with Crippen molar-refractivity contribution in [3.63, 3.8) is 0 Å². The Hall–Kier alpha value is -7.02. The molecule has 0 fully saturated rings. The second-order valence-electron chi connectivity index (χ2n) is 15.1. The lowest BCUT2D eigenvalue weighted by Gasteiger charge is -2.20. The molecule has 0 saturated heterocycles. The van der Waals surface area contributed by atoms with Gasteiger partial charge in [-0.05, 0) is 141 Å². The van der Waals surface area contributed by atoms with Gasteiger partial charge in [-0.1, -0.05) is 189 Å². The molecule has 10 aromatic carbocycles. The van der Waals surface area contributed by atoms with Crippen molar-refractivity contribution in [1.82, 2.24) is 0 Å². The molecule has 0 unspecified atom stereocenters. The van der Waals surface area contributed by atoms with Gasteiger partial charge in [0.1, 0.15) is 0 Å². The van der Waals surface area contributed by atoms with Gasteiger partial charge in [0.05, 0.1) is 0 Å². The van der Waals surface area contributed by atoms with E-state index in [1.165, 1.54) is 104 Å². The molecule has 0 atom stereocenters. The number of hydrogen-bond donors (Lipinski definition) is 0. The fourth-order valence-corrected chi connectivity index (χ4v) is 8.80. The summed E-state index contributed by atoms with van der Waals surface area (Å²) in [5, 5.41) is 10.0. The smallest absolute Gasteiger partial charge is 0.00253 e.